The fourth-order valence-electron chi connectivity index (χ4n) is 1.20. The molecule has 0 fully saturated rings. The molecule has 0 aliphatic heterocycles. The van der Waals surface area contributed by atoms with Crippen molar-refractivity contribution in [2.45, 2.75) is 52.1 Å². The van der Waals surface area contributed by atoms with Gasteiger partial charge in [0.15, 0.2) is 0 Å². The number of carboxylic acids is 1. The number of rotatable bonds is 7. The first-order valence-electron chi connectivity index (χ1n) is 5.95. The van der Waals surface area contributed by atoms with Gasteiger partial charge in [-0.25, -0.2) is 9.59 Å². The van der Waals surface area contributed by atoms with Crippen LogP contribution in [0.3, 0.4) is 0 Å². The van der Waals surface area contributed by atoms with Gasteiger partial charge in [-0.1, -0.05) is 6.42 Å². The van der Waals surface area contributed by atoms with Gasteiger partial charge < -0.3 is 15.2 Å². The van der Waals surface area contributed by atoms with Crippen LogP contribution in [0.5, 0.6) is 0 Å². The van der Waals surface area contributed by atoms with E-state index in [4.69, 9.17) is 9.84 Å². The van der Waals surface area contributed by atoms with Crippen molar-refractivity contribution in [3.05, 3.63) is 0 Å². The molecular formula is C12H21NO5. The highest BCUT2D eigenvalue weighted by Gasteiger charge is 2.15. The van der Waals surface area contributed by atoms with Gasteiger partial charge in [-0.2, -0.15) is 0 Å². The lowest BCUT2D eigenvalue weighted by Crippen LogP contribution is -2.33. The van der Waals surface area contributed by atoms with Crippen LogP contribution in [0.4, 0.5) is 4.79 Å². The molecule has 0 rings (SSSR count). The van der Waals surface area contributed by atoms with Crippen molar-refractivity contribution in [2.24, 2.45) is 0 Å². The summed E-state index contributed by atoms with van der Waals surface area (Å²) in [5, 5.41) is 10.9. The van der Waals surface area contributed by atoms with Crippen LogP contribution in [0.15, 0.2) is 0 Å². The van der Waals surface area contributed by atoms with Gasteiger partial charge in [-0.05, 0) is 33.6 Å². The summed E-state index contributed by atoms with van der Waals surface area (Å²) in [6.07, 6.45) is 1.47. The fourth-order valence-corrected chi connectivity index (χ4v) is 1.20. The standard InChI is InChI=1S/C12H21NO5/c1-12(2,3)18-11(17)13-8-6-4-5-7-9(14)10(15)16/h4-8H2,1-3H3,(H,13,17)(H,15,16). The Balaban J connectivity index is 3.49. The Bertz CT molecular complexity index is 306. The van der Waals surface area contributed by atoms with E-state index in [2.05, 4.69) is 5.32 Å². The summed E-state index contributed by atoms with van der Waals surface area (Å²) in [5.74, 6) is -2.16. The first kappa shape index (κ1) is 16.4. The van der Waals surface area contributed by atoms with E-state index in [-0.39, 0.29) is 6.42 Å². The van der Waals surface area contributed by atoms with Crippen LogP contribution in [0, 0.1) is 0 Å². The highest BCUT2D eigenvalue weighted by molar-refractivity contribution is 6.32. The molecule has 0 heterocycles. The molecule has 0 radical (unpaired) electrons. The van der Waals surface area contributed by atoms with Crippen molar-refractivity contribution >= 4 is 17.8 Å². The van der Waals surface area contributed by atoms with Crippen molar-refractivity contribution in [1.29, 1.82) is 0 Å². The molecule has 1 amide bonds. The van der Waals surface area contributed by atoms with Gasteiger partial charge in [0.2, 0.25) is 5.78 Å². The number of ether oxygens (including phenoxy) is 1. The Morgan fingerprint density at radius 2 is 1.72 bits per heavy atom. The number of nitrogens with one attached hydrogen (secondary N) is 1. The van der Waals surface area contributed by atoms with E-state index in [1.54, 1.807) is 20.8 Å². The molecule has 0 aliphatic carbocycles. The second kappa shape index (κ2) is 7.68. The molecule has 0 aromatic rings. The van der Waals surface area contributed by atoms with E-state index in [9.17, 15) is 14.4 Å². The molecular weight excluding hydrogens is 238 g/mol. The third-order valence-electron chi connectivity index (χ3n) is 1.99. The Hall–Kier alpha value is -1.59. The monoisotopic (exact) mass is 259 g/mol. The number of carboxylic acid groups (broad SMARTS) is 1. The van der Waals surface area contributed by atoms with Gasteiger partial charge in [0.1, 0.15) is 5.60 Å². The zero-order valence-corrected chi connectivity index (χ0v) is 11.1. The number of carbonyl (C=O) groups excluding carboxylic acids is 2. The minimum absolute atomic E-state index is 0.0434. The highest BCUT2D eigenvalue weighted by atomic mass is 16.6. The van der Waals surface area contributed by atoms with Gasteiger partial charge >= 0.3 is 12.1 Å². The average molecular weight is 259 g/mol. The smallest absolute Gasteiger partial charge is 0.407 e. The summed E-state index contributed by atoms with van der Waals surface area (Å²) in [6, 6.07) is 0. The number of alkyl carbamates (subject to hydrolysis) is 1. The van der Waals surface area contributed by atoms with Crippen LogP contribution in [-0.4, -0.2) is 35.1 Å². The molecule has 104 valence electrons. The minimum atomic E-state index is -1.39. The van der Waals surface area contributed by atoms with E-state index in [1.807, 2.05) is 0 Å². The zero-order valence-electron chi connectivity index (χ0n) is 11.1. The molecule has 0 saturated carbocycles. The lowest BCUT2D eigenvalue weighted by atomic mass is 10.1. The molecule has 0 aromatic heterocycles. The normalized spacial score (nSPS) is 10.8. The molecule has 2 N–H and O–H groups in total. The van der Waals surface area contributed by atoms with Crippen LogP contribution in [0.25, 0.3) is 0 Å². The third-order valence-corrected chi connectivity index (χ3v) is 1.99. The fraction of sp³-hybridized carbons (Fsp3) is 0.750. The summed E-state index contributed by atoms with van der Waals surface area (Å²) in [6.45, 7) is 5.80. The Labute approximate surface area is 107 Å². The van der Waals surface area contributed by atoms with Gasteiger partial charge in [-0.3, -0.25) is 4.79 Å². The Morgan fingerprint density at radius 3 is 2.22 bits per heavy atom. The zero-order chi connectivity index (χ0) is 14.2. The molecule has 6 nitrogen and oxygen atoms in total. The lowest BCUT2D eigenvalue weighted by Gasteiger charge is -2.19. The van der Waals surface area contributed by atoms with Crippen molar-refractivity contribution in [1.82, 2.24) is 5.32 Å². The van der Waals surface area contributed by atoms with E-state index in [1.165, 1.54) is 0 Å². The van der Waals surface area contributed by atoms with E-state index in [0.717, 1.165) is 0 Å². The van der Waals surface area contributed by atoms with E-state index < -0.39 is 23.4 Å². The van der Waals surface area contributed by atoms with Crippen LogP contribution >= 0.6 is 0 Å². The van der Waals surface area contributed by atoms with Gasteiger partial charge in [0.25, 0.3) is 0 Å². The van der Waals surface area contributed by atoms with Crippen LogP contribution < -0.4 is 5.32 Å². The quantitative estimate of drug-likeness (QED) is 0.536. The lowest BCUT2D eigenvalue weighted by molar-refractivity contribution is -0.149. The molecule has 0 unspecified atom stereocenters. The minimum Gasteiger partial charge on any atom is -0.476 e. The van der Waals surface area contributed by atoms with Crippen LogP contribution in [0.2, 0.25) is 0 Å². The molecule has 6 heteroatoms. The van der Waals surface area contributed by atoms with Gasteiger partial charge in [0.05, 0.1) is 0 Å². The first-order chi connectivity index (χ1) is 8.22. The molecule has 0 bridgehead atoms. The number of Topliss-reactive ketones (excluding diaryl/α,β-unsaturated/α-hetero) is 1. The highest BCUT2D eigenvalue weighted by Crippen LogP contribution is 2.06. The van der Waals surface area contributed by atoms with Crippen molar-refractivity contribution in [2.75, 3.05) is 6.54 Å². The maximum atomic E-state index is 11.2. The maximum Gasteiger partial charge on any atom is 0.407 e. The second-order valence-electron chi connectivity index (χ2n) is 4.97. The number of ketones is 1. The molecule has 0 aromatic carbocycles. The average Bonchev–Trinajstić information content (AvgIpc) is 2.19. The van der Waals surface area contributed by atoms with Gasteiger partial charge in [0, 0.05) is 13.0 Å². The summed E-state index contributed by atoms with van der Waals surface area (Å²) in [7, 11) is 0. The van der Waals surface area contributed by atoms with E-state index in [0.29, 0.717) is 25.8 Å². The van der Waals surface area contributed by atoms with Gasteiger partial charge in [-0.15, -0.1) is 0 Å². The number of amides is 1. The summed E-state index contributed by atoms with van der Waals surface area (Å²) < 4.78 is 5.03. The first-order valence-corrected chi connectivity index (χ1v) is 5.95. The molecule has 0 spiro atoms. The van der Waals surface area contributed by atoms with Crippen molar-refractivity contribution in [3.8, 4) is 0 Å². The number of carbonyl (C=O) groups is 3. The SMILES string of the molecule is CC(C)(C)OC(=O)NCCCCCC(=O)C(=O)O. The van der Waals surface area contributed by atoms with Crippen LogP contribution in [-0.2, 0) is 14.3 Å². The van der Waals surface area contributed by atoms with E-state index >= 15 is 0 Å². The largest absolute Gasteiger partial charge is 0.476 e. The molecule has 0 aliphatic rings. The van der Waals surface area contributed by atoms with Crippen molar-refractivity contribution < 1.29 is 24.2 Å². The number of aliphatic carboxylic acids is 1. The summed E-state index contributed by atoms with van der Waals surface area (Å²) in [4.78, 5) is 32.2. The maximum absolute atomic E-state index is 11.2. The Kier molecular flexibility index (Phi) is 7.00. The predicted molar refractivity (Wildman–Crippen MR) is 65.3 cm³/mol. The Morgan fingerprint density at radius 1 is 1.11 bits per heavy atom. The van der Waals surface area contributed by atoms with Crippen LogP contribution in [0.1, 0.15) is 46.5 Å². The predicted octanol–water partition coefficient (Wildman–Crippen LogP) is 1.73. The number of unbranched alkanes of at least 4 members (excludes halogenated alkanes) is 2. The van der Waals surface area contributed by atoms with Crippen molar-refractivity contribution in [3.63, 3.8) is 0 Å². The summed E-state index contributed by atoms with van der Waals surface area (Å²) >= 11 is 0. The number of hydrogen-bond acceptors (Lipinski definition) is 4. The third kappa shape index (κ3) is 9.62. The topological polar surface area (TPSA) is 92.7 Å². The second-order valence-corrected chi connectivity index (χ2v) is 4.97. The molecule has 18 heavy (non-hydrogen) atoms. The summed E-state index contributed by atoms with van der Waals surface area (Å²) in [5.41, 5.74) is -0.516. The number of hydrogen-bond donors (Lipinski definition) is 2. The molecule has 0 atom stereocenters. The molecule has 0 saturated heterocycles.